The van der Waals surface area contributed by atoms with Crippen molar-refractivity contribution in [3.63, 3.8) is 0 Å². The zero-order valence-electron chi connectivity index (χ0n) is 3.15. The van der Waals surface area contributed by atoms with Crippen LogP contribution in [-0.2, 0) is 21.7 Å². The second kappa shape index (κ2) is 22.9. The van der Waals surface area contributed by atoms with Crippen molar-refractivity contribution in [2.45, 2.75) is 6.92 Å². The van der Waals surface area contributed by atoms with Crippen molar-refractivity contribution >= 4 is 0 Å². The summed E-state index contributed by atoms with van der Waals surface area (Å²) in [5, 5.41) is 7.57. The van der Waals surface area contributed by atoms with Crippen LogP contribution in [0.15, 0.2) is 0 Å². The quantitative estimate of drug-likeness (QED) is 0.408. The Morgan fingerprint density at radius 2 is 1.60 bits per heavy atom. The summed E-state index contributed by atoms with van der Waals surface area (Å²) in [6, 6.07) is 0. The molecule has 0 amide bonds. The fourth-order valence-electron chi connectivity index (χ4n) is 0. The summed E-state index contributed by atoms with van der Waals surface area (Å²) in [6.45, 7) is 1.93. The largest absolute Gasteiger partial charge is 0.412 e. The molecule has 0 spiro atoms. The van der Waals surface area contributed by atoms with Gasteiger partial charge in [-0.15, -0.1) is 0 Å². The summed E-state index contributed by atoms with van der Waals surface area (Å²) in [5.41, 5.74) is 0. The molecule has 0 aromatic rings. The topological polar surface area (TPSA) is 51.7 Å². The summed E-state index contributed by atoms with van der Waals surface area (Å²) in [4.78, 5) is 0. The molecule has 0 fully saturated rings. The average Bonchev–Trinajstić information content (AvgIpc) is 0.918. The van der Waals surface area contributed by atoms with Crippen molar-refractivity contribution < 1.29 is 32.3 Å². The van der Waals surface area contributed by atoms with E-state index in [2.05, 4.69) is 0 Å². The first kappa shape index (κ1) is 17.4. The van der Waals surface area contributed by atoms with Gasteiger partial charge in [-0.25, -0.2) is 0 Å². The third-order valence-corrected chi connectivity index (χ3v) is 0. The molecule has 0 saturated carbocycles. The zero-order valence-corrected chi connectivity index (χ0v) is 4.72. The van der Waals surface area contributed by atoms with Crippen LogP contribution < -0.4 is 0 Å². The van der Waals surface area contributed by atoms with Gasteiger partial charge < -0.3 is 10.6 Å². The molecule has 0 aliphatic carbocycles. The van der Waals surface area contributed by atoms with Crippen LogP contribution in [0.3, 0.4) is 0 Å². The van der Waals surface area contributed by atoms with E-state index in [4.69, 9.17) is 5.11 Å². The van der Waals surface area contributed by atoms with Crippen molar-refractivity contribution in [3.05, 3.63) is 0 Å². The number of aliphatic hydroxyl groups is 1. The Balaban J connectivity index is -0.0000000200. The minimum atomic E-state index is 0. The molecule has 0 radical (unpaired) electrons. The van der Waals surface area contributed by atoms with Gasteiger partial charge >= 0.3 is 0 Å². The number of hydrogen-bond acceptors (Lipinski definition) is 1. The number of aliphatic hydroxyl groups excluding tert-OH is 1. The molecule has 32 valence electrons. The maximum Gasteiger partial charge on any atom is 0.0402 e. The minimum Gasteiger partial charge on any atom is -0.412 e. The summed E-state index contributed by atoms with van der Waals surface area (Å²) in [6.07, 6.45) is 0. The Bertz CT molecular complexity index is 7.61. The molecule has 0 unspecified atom stereocenters. The van der Waals surface area contributed by atoms with Gasteiger partial charge in [-0.3, -0.25) is 0 Å². The third-order valence-electron chi connectivity index (χ3n) is 0. The van der Waals surface area contributed by atoms with E-state index in [1.54, 1.807) is 6.92 Å². The normalized spacial score (nSPS) is 3.60. The summed E-state index contributed by atoms with van der Waals surface area (Å²) in [5.74, 6) is 0. The summed E-state index contributed by atoms with van der Waals surface area (Å²) in [7, 11) is 0. The van der Waals surface area contributed by atoms with Crippen LogP contribution in [0.5, 0.6) is 0 Å². The smallest absolute Gasteiger partial charge is 0.0402 e. The van der Waals surface area contributed by atoms with Gasteiger partial charge in [0.25, 0.3) is 0 Å². The van der Waals surface area contributed by atoms with E-state index in [1.165, 1.54) is 0 Å². The van der Waals surface area contributed by atoms with Crippen LogP contribution in [0.1, 0.15) is 6.92 Å². The van der Waals surface area contributed by atoms with E-state index in [1.807, 2.05) is 0 Å². The second-order valence-corrected chi connectivity index (χ2v) is 0.316. The van der Waals surface area contributed by atoms with Gasteiger partial charge in [0, 0.05) is 28.3 Å². The maximum atomic E-state index is 7.57. The zero-order chi connectivity index (χ0) is 2.71. The molecule has 2 nitrogen and oxygen atoms in total. The third kappa shape index (κ3) is 79.9. The molecule has 5 heavy (non-hydrogen) atoms. The molecule has 0 aliphatic heterocycles. The van der Waals surface area contributed by atoms with Crippen LogP contribution in [-0.4, -0.2) is 17.2 Å². The molecule has 0 saturated heterocycles. The van der Waals surface area contributed by atoms with Crippen molar-refractivity contribution in [3.8, 4) is 0 Å². The number of hydrogen-bond donors (Lipinski definition) is 1. The summed E-state index contributed by atoms with van der Waals surface area (Å²) < 4.78 is 0. The fourth-order valence-corrected chi connectivity index (χ4v) is 0. The molecule has 0 aliphatic rings. The predicted molar refractivity (Wildman–Crippen MR) is 16.4 cm³/mol. The van der Waals surface area contributed by atoms with Crippen molar-refractivity contribution in [1.82, 2.24) is 0 Å². The van der Waals surface area contributed by atoms with E-state index in [0.29, 0.717) is 0 Å². The molecule has 0 rings (SSSR count). The summed E-state index contributed by atoms with van der Waals surface area (Å²) >= 11 is 0. The van der Waals surface area contributed by atoms with Crippen LogP contribution >= 0.6 is 0 Å². The predicted octanol–water partition coefficient (Wildman–Crippen LogP) is -0.829. The second-order valence-electron chi connectivity index (χ2n) is 0.316. The molecular formula is C2H8O2Ti. The Kier molecular flexibility index (Phi) is 79.9. The molecule has 0 aromatic heterocycles. The van der Waals surface area contributed by atoms with Crippen molar-refractivity contribution in [1.29, 1.82) is 0 Å². The van der Waals surface area contributed by atoms with Gasteiger partial charge in [0.05, 0.1) is 0 Å². The Hall–Kier alpha value is 0.634. The fraction of sp³-hybridized carbons (Fsp3) is 1.00. The average molecular weight is 112 g/mol. The van der Waals surface area contributed by atoms with E-state index in [9.17, 15) is 0 Å². The van der Waals surface area contributed by atoms with Gasteiger partial charge in [-0.1, -0.05) is 0 Å². The van der Waals surface area contributed by atoms with Crippen molar-refractivity contribution in [2.24, 2.45) is 0 Å². The molecular weight excluding hydrogens is 104 g/mol. The maximum absolute atomic E-state index is 7.57. The van der Waals surface area contributed by atoms with E-state index in [-0.39, 0.29) is 33.8 Å². The molecule has 3 N–H and O–H groups in total. The first-order chi connectivity index (χ1) is 1.41. The van der Waals surface area contributed by atoms with Gasteiger partial charge in [-0.2, -0.15) is 0 Å². The number of rotatable bonds is 0. The molecule has 0 heterocycles. The first-order valence-electron chi connectivity index (χ1n) is 1.02. The first-order valence-corrected chi connectivity index (χ1v) is 1.02. The van der Waals surface area contributed by atoms with Crippen LogP contribution in [0.4, 0.5) is 0 Å². The van der Waals surface area contributed by atoms with Crippen LogP contribution in [0.2, 0.25) is 0 Å². The van der Waals surface area contributed by atoms with Gasteiger partial charge in [0.2, 0.25) is 0 Å². The van der Waals surface area contributed by atoms with Gasteiger partial charge in [-0.05, 0) is 6.92 Å². The SMILES string of the molecule is CCO.O.[Ti]. The van der Waals surface area contributed by atoms with Crippen LogP contribution in [0, 0.1) is 0 Å². The Morgan fingerprint density at radius 1 is 1.60 bits per heavy atom. The van der Waals surface area contributed by atoms with Gasteiger partial charge in [0.1, 0.15) is 0 Å². The van der Waals surface area contributed by atoms with E-state index >= 15 is 0 Å². The van der Waals surface area contributed by atoms with Crippen LogP contribution in [0.25, 0.3) is 0 Å². The van der Waals surface area contributed by atoms with E-state index in [0.717, 1.165) is 0 Å². The molecule has 3 heteroatoms. The minimum absolute atomic E-state index is 0. The Labute approximate surface area is 46.4 Å². The van der Waals surface area contributed by atoms with Crippen molar-refractivity contribution in [2.75, 3.05) is 6.61 Å². The van der Waals surface area contributed by atoms with Gasteiger partial charge in [0.15, 0.2) is 0 Å². The molecule has 0 aromatic carbocycles. The standard InChI is InChI=1S/C2H6O.H2O.Ti/c1-2-3;;/h3H,2H2,1H3;1H2;. The van der Waals surface area contributed by atoms with E-state index < -0.39 is 0 Å². The molecule has 0 atom stereocenters. The monoisotopic (exact) mass is 112 g/mol. The Morgan fingerprint density at radius 3 is 1.60 bits per heavy atom. The molecule has 0 bridgehead atoms.